The van der Waals surface area contributed by atoms with Gasteiger partial charge in [-0.05, 0) is 36.6 Å². The molecule has 2 aliphatic rings. The molecule has 1 heterocycles. The summed E-state index contributed by atoms with van der Waals surface area (Å²) < 4.78 is 0. The van der Waals surface area contributed by atoms with Crippen molar-refractivity contribution < 1.29 is 4.79 Å². The van der Waals surface area contributed by atoms with E-state index in [1.807, 2.05) is 17.8 Å². The van der Waals surface area contributed by atoms with Crippen molar-refractivity contribution >= 4 is 17.7 Å². The van der Waals surface area contributed by atoms with Gasteiger partial charge in [0.1, 0.15) is 6.04 Å². The molecule has 0 aromatic heterocycles. The highest BCUT2D eigenvalue weighted by Gasteiger charge is 2.30. The van der Waals surface area contributed by atoms with Crippen LogP contribution in [0.3, 0.4) is 0 Å². The molecule has 3 atom stereocenters. The number of fused-ring (bicyclic) bond motifs is 1. The van der Waals surface area contributed by atoms with Crippen molar-refractivity contribution in [2.24, 2.45) is 0 Å². The normalized spacial score (nSPS) is 28.7. The van der Waals surface area contributed by atoms with E-state index in [1.165, 1.54) is 24.8 Å². The van der Waals surface area contributed by atoms with Gasteiger partial charge >= 0.3 is 0 Å². The molecule has 1 aromatic carbocycles. The van der Waals surface area contributed by atoms with Crippen LogP contribution in [0.1, 0.15) is 42.9 Å². The summed E-state index contributed by atoms with van der Waals surface area (Å²) in [6.45, 7) is 0.881. The van der Waals surface area contributed by atoms with Gasteiger partial charge in [-0.15, -0.1) is 0 Å². The Morgan fingerprint density at radius 3 is 2.95 bits per heavy atom. The van der Waals surface area contributed by atoms with Crippen LogP contribution < -0.4 is 10.6 Å². The minimum Gasteiger partial charge on any atom is -0.351 e. The molecule has 1 aromatic rings. The van der Waals surface area contributed by atoms with E-state index in [4.69, 9.17) is 0 Å². The fourth-order valence-electron chi connectivity index (χ4n) is 3.55. The second-order valence-corrected chi connectivity index (χ2v) is 7.09. The van der Waals surface area contributed by atoms with Gasteiger partial charge in [0.15, 0.2) is 0 Å². The first-order chi connectivity index (χ1) is 10.3. The highest BCUT2D eigenvalue weighted by atomic mass is 32.2. The second-order valence-electron chi connectivity index (χ2n) is 6.01. The molecule has 1 fully saturated rings. The van der Waals surface area contributed by atoms with Crippen molar-refractivity contribution in [1.29, 1.82) is 0 Å². The van der Waals surface area contributed by atoms with Gasteiger partial charge in [-0.25, -0.2) is 0 Å². The molecule has 0 spiro atoms. The fraction of sp³-hybridized carbons (Fsp3) is 0.588. The SMILES string of the molecule is CSC1CCCCC1NC(=O)C1NCCc2ccccc21. The molecule has 3 unspecified atom stereocenters. The van der Waals surface area contributed by atoms with E-state index in [0.29, 0.717) is 11.3 Å². The average Bonchev–Trinajstić information content (AvgIpc) is 2.54. The maximum absolute atomic E-state index is 12.7. The summed E-state index contributed by atoms with van der Waals surface area (Å²) in [4.78, 5) is 12.7. The van der Waals surface area contributed by atoms with Gasteiger partial charge in [0.05, 0.1) is 0 Å². The number of hydrogen-bond donors (Lipinski definition) is 2. The topological polar surface area (TPSA) is 41.1 Å². The molecule has 3 nitrogen and oxygen atoms in total. The smallest absolute Gasteiger partial charge is 0.242 e. The number of rotatable bonds is 3. The van der Waals surface area contributed by atoms with E-state index in [9.17, 15) is 4.79 Å². The predicted octanol–water partition coefficient (Wildman–Crippen LogP) is 2.66. The van der Waals surface area contributed by atoms with Crippen LogP contribution in [0.25, 0.3) is 0 Å². The third-order valence-electron chi connectivity index (χ3n) is 4.70. The summed E-state index contributed by atoms with van der Waals surface area (Å²) in [6.07, 6.45) is 8.03. The summed E-state index contributed by atoms with van der Waals surface area (Å²) in [7, 11) is 0. The Morgan fingerprint density at radius 2 is 2.10 bits per heavy atom. The molecule has 1 aliphatic heterocycles. The van der Waals surface area contributed by atoms with Crippen LogP contribution in [-0.4, -0.2) is 30.0 Å². The standard InChI is InChI=1S/C17H24N2OS/c1-21-15-9-5-4-8-14(15)19-17(20)16-13-7-3-2-6-12(13)10-11-18-16/h2-3,6-7,14-16,18H,4-5,8-11H2,1H3,(H,19,20). The van der Waals surface area contributed by atoms with Gasteiger partial charge in [-0.1, -0.05) is 37.1 Å². The Balaban J connectivity index is 1.71. The maximum atomic E-state index is 12.7. The van der Waals surface area contributed by atoms with E-state index >= 15 is 0 Å². The van der Waals surface area contributed by atoms with Crippen molar-refractivity contribution in [3.8, 4) is 0 Å². The van der Waals surface area contributed by atoms with Gasteiger partial charge in [0, 0.05) is 17.8 Å². The van der Waals surface area contributed by atoms with Gasteiger partial charge in [0.25, 0.3) is 0 Å². The lowest BCUT2D eigenvalue weighted by molar-refractivity contribution is -0.124. The van der Waals surface area contributed by atoms with Crippen LogP contribution in [0.5, 0.6) is 0 Å². The quantitative estimate of drug-likeness (QED) is 0.902. The van der Waals surface area contributed by atoms with E-state index in [2.05, 4.69) is 35.1 Å². The third-order valence-corrected chi connectivity index (χ3v) is 5.87. The molecule has 3 rings (SSSR count). The number of thioether (sulfide) groups is 1. The number of carbonyl (C=O) groups is 1. The molecule has 0 radical (unpaired) electrons. The van der Waals surface area contributed by atoms with Crippen LogP contribution in [0.2, 0.25) is 0 Å². The lowest BCUT2D eigenvalue weighted by atomic mass is 9.92. The number of nitrogens with one attached hydrogen (secondary N) is 2. The van der Waals surface area contributed by atoms with Crippen molar-refractivity contribution in [2.75, 3.05) is 12.8 Å². The van der Waals surface area contributed by atoms with Gasteiger partial charge < -0.3 is 10.6 Å². The van der Waals surface area contributed by atoms with E-state index in [-0.39, 0.29) is 11.9 Å². The van der Waals surface area contributed by atoms with Crippen LogP contribution >= 0.6 is 11.8 Å². The average molecular weight is 304 g/mol. The first-order valence-electron chi connectivity index (χ1n) is 7.94. The highest BCUT2D eigenvalue weighted by Crippen LogP contribution is 2.28. The molecular formula is C17H24N2OS. The van der Waals surface area contributed by atoms with Crippen molar-refractivity contribution in [2.45, 2.75) is 49.4 Å². The fourth-order valence-corrected chi connectivity index (χ4v) is 4.48. The molecule has 21 heavy (non-hydrogen) atoms. The first kappa shape index (κ1) is 14.9. The van der Waals surface area contributed by atoms with Crippen LogP contribution in [0.4, 0.5) is 0 Å². The molecule has 1 amide bonds. The lowest BCUT2D eigenvalue weighted by Crippen LogP contribution is -2.49. The molecule has 4 heteroatoms. The Kier molecular flexibility index (Phi) is 4.86. The largest absolute Gasteiger partial charge is 0.351 e. The minimum absolute atomic E-state index is 0.146. The molecule has 114 valence electrons. The maximum Gasteiger partial charge on any atom is 0.242 e. The third kappa shape index (κ3) is 3.27. The Morgan fingerprint density at radius 1 is 1.29 bits per heavy atom. The number of amides is 1. The summed E-state index contributed by atoms with van der Waals surface area (Å²) in [6, 6.07) is 8.46. The zero-order valence-corrected chi connectivity index (χ0v) is 13.4. The summed E-state index contributed by atoms with van der Waals surface area (Å²) in [5, 5.41) is 7.26. The summed E-state index contributed by atoms with van der Waals surface area (Å²) >= 11 is 1.89. The van der Waals surface area contributed by atoms with Crippen LogP contribution in [0.15, 0.2) is 24.3 Å². The summed E-state index contributed by atoms with van der Waals surface area (Å²) in [5.74, 6) is 0.146. The molecule has 2 N–H and O–H groups in total. The zero-order chi connectivity index (χ0) is 14.7. The molecular weight excluding hydrogens is 280 g/mol. The van der Waals surface area contributed by atoms with Crippen LogP contribution in [0, 0.1) is 0 Å². The highest BCUT2D eigenvalue weighted by molar-refractivity contribution is 7.99. The summed E-state index contributed by atoms with van der Waals surface area (Å²) in [5.41, 5.74) is 2.46. The second kappa shape index (κ2) is 6.84. The number of hydrogen-bond acceptors (Lipinski definition) is 3. The Bertz CT molecular complexity index is 505. The zero-order valence-electron chi connectivity index (χ0n) is 12.6. The predicted molar refractivity (Wildman–Crippen MR) is 88.6 cm³/mol. The van der Waals surface area contributed by atoms with Gasteiger partial charge in [-0.2, -0.15) is 11.8 Å². The van der Waals surface area contributed by atoms with E-state index < -0.39 is 0 Å². The monoisotopic (exact) mass is 304 g/mol. The van der Waals surface area contributed by atoms with Crippen LogP contribution in [-0.2, 0) is 11.2 Å². The van der Waals surface area contributed by atoms with Gasteiger partial charge in [-0.3, -0.25) is 4.79 Å². The van der Waals surface area contributed by atoms with Crippen molar-refractivity contribution in [1.82, 2.24) is 10.6 Å². The van der Waals surface area contributed by atoms with Crippen molar-refractivity contribution in [3.05, 3.63) is 35.4 Å². The molecule has 1 aliphatic carbocycles. The molecule has 0 bridgehead atoms. The molecule has 0 saturated heterocycles. The first-order valence-corrected chi connectivity index (χ1v) is 9.22. The Hall–Kier alpha value is -1.00. The van der Waals surface area contributed by atoms with Crippen molar-refractivity contribution in [3.63, 3.8) is 0 Å². The number of benzene rings is 1. The number of carbonyl (C=O) groups excluding carboxylic acids is 1. The lowest BCUT2D eigenvalue weighted by Gasteiger charge is -2.33. The van der Waals surface area contributed by atoms with E-state index in [1.54, 1.807) is 0 Å². The van der Waals surface area contributed by atoms with E-state index in [0.717, 1.165) is 24.9 Å². The van der Waals surface area contributed by atoms with Gasteiger partial charge in [0.2, 0.25) is 5.91 Å². The minimum atomic E-state index is -0.181. The Labute approximate surface area is 131 Å². The molecule has 1 saturated carbocycles.